The average Bonchev–Trinajstić information content (AvgIpc) is 2.84. The predicted molar refractivity (Wildman–Crippen MR) is 130 cm³/mol. The van der Waals surface area contributed by atoms with Gasteiger partial charge >= 0.3 is 0 Å². The summed E-state index contributed by atoms with van der Waals surface area (Å²) in [6, 6.07) is 27.6. The lowest BCUT2D eigenvalue weighted by molar-refractivity contribution is -0.0553. The van der Waals surface area contributed by atoms with Crippen molar-refractivity contribution in [2.75, 3.05) is 26.2 Å². The molecule has 2 aliphatic rings. The van der Waals surface area contributed by atoms with E-state index in [1.165, 1.54) is 5.56 Å². The largest absolute Gasteiger partial charge is 0.395 e. The van der Waals surface area contributed by atoms with Crippen molar-refractivity contribution in [3.05, 3.63) is 90.5 Å². The molecular formula is C27H30N2O3S. The maximum absolute atomic E-state index is 13.4. The number of rotatable bonds is 5. The molecule has 5 nitrogen and oxygen atoms in total. The van der Waals surface area contributed by atoms with E-state index in [4.69, 9.17) is 0 Å². The van der Waals surface area contributed by atoms with Crippen LogP contribution in [0.15, 0.2) is 89.8 Å². The molecule has 3 aromatic rings. The number of nitrogens with zero attached hydrogens (tertiary/aromatic N) is 2. The zero-order valence-corrected chi connectivity index (χ0v) is 19.4. The quantitative estimate of drug-likeness (QED) is 0.623. The fourth-order valence-corrected chi connectivity index (χ4v) is 6.91. The Bertz CT molecular complexity index is 1170. The molecule has 2 fully saturated rings. The maximum Gasteiger partial charge on any atom is 0.243 e. The average molecular weight is 463 g/mol. The van der Waals surface area contributed by atoms with Crippen molar-refractivity contribution in [2.24, 2.45) is 0 Å². The Morgan fingerprint density at radius 1 is 0.788 bits per heavy atom. The Hall–Kier alpha value is -2.51. The minimum absolute atomic E-state index is 0.0250. The topological polar surface area (TPSA) is 60.9 Å². The summed E-state index contributed by atoms with van der Waals surface area (Å²) in [5, 5.41) is 10.2. The van der Waals surface area contributed by atoms with Gasteiger partial charge in [-0.3, -0.25) is 4.90 Å². The SMILES string of the molecule is O=S(=O)(c1ccccc1)N1CCCCN2[C@H](CO)[C@@H](c3ccc(-c4ccccc4)cc3)[C@@H]2C1. The summed E-state index contributed by atoms with van der Waals surface area (Å²) < 4.78 is 28.4. The van der Waals surface area contributed by atoms with Gasteiger partial charge in [-0.2, -0.15) is 4.31 Å². The highest BCUT2D eigenvalue weighted by molar-refractivity contribution is 7.89. The van der Waals surface area contributed by atoms with E-state index < -0.39 is 10.0 Å². The molecule has 0 radical (unpaired) electrons. The van der Waals surface area contributed by atoms with Gasteiger partial charge in [0.05, 0.1) is 11.5 Å². The van der Waals surface area contributed by atoms with Crippen LogP contribution in [0.25, 0.3) is 11.1 Å². The summed E-state index contributed by atoms with van der Waals surface area (Å²) in [5.74, 6) is 0.103. The van der Waals surface area contributed by atoms with Crippen molar-refractivity contribution in [2.45, 2.75) is 35.7 Å². The van der Waals surface area contributed by atoms with Crippen molar-refractivity contribution in [1.82, 2.24) is 9.21 Å². The second kappa shape index (κ2) is 9.39. The van der Waals surface area contributed by atoms with Gasteiger partial charge in [-0.05, 0) is 48.2 Å². The first-order chi connectivity index (χ1) is 16.1. The molecule has 0 saturated carbocycles. The molecule has 6 heteroatoms. The number of hydrogen-bond acceptors (Lipinski definition) is 4. The Morgan fingerprint density at radius 3 is 2.06 bits per heavy atom. The van der Waals surface area contributed by atoms with E-state index in [9.17, 15) is 13.5 Å². The second-order valence-corrected chi connectivity index (χ2v) is 10.9. The molecule has 0 aliphatic carbocycles. The van der Waals surface area contributed by atoms with Crippen LogP contribution in [0.2, 0.25) is 0 Å². The lowest BCUT2D eigenvalue weighted by Gasteiger charge is -2.57. The van der Waals surface area contributed by atoms with Crippen molar-refractivity contribution >= 4 is 10.0 Å². The summed E-state index contributed by atoms with van der Waals surface area (Å²) >= 11 is 0. The first-order valence-corrected chi connectivity index (χ1v) is 13.1. The molecule has 0 unspecified atom stereocenters. The highest BCUT2D eigenvalue weighted by Gasteiger charge is 2.50. The smallest absolute Gasteiger partial charge is 0.243 e. The van der Waals surface area contributed by atoms with Crippen molar-refractivity contribution in [3.8, 4) is 11.1 Å². The molecule has 3 atom stereocenters. The predicted octanol–water partition coefficient (Wildman–Crippen LogP) is 3.97. The molecule has 33 heavy (non-hydrogen) atoms. The number of sulfonamides is 1. The van der Waals surface area contributed by atoms with Gasteiger partial charge in [-0.15, -0.1) is 0 Å². The van der Waals surface area contributed by atoms with Gasteiger partial charge < -0.3 is 5.11 Å². The zero-order chi connectivity index (χ0) is 22.8. The molecule has 0 aromatic heterocycles. The van der Waals surface area contributed by atoms with Gasteiger partial charge in [0.2, 0.25) is 10.0 Å². The molecule has 2 heterocycles. The van der Waals surface area contributed by atoms with Gasteiger partial charge in [0, 0.05) is 31.1 Å². The Kier molecular flexibility index (Phi) is 6.34. The molecule has 0 spiro atoms. The van der Waals surface area contributed by atoms with Crippen LogP contribution >= 0.6 is 0 Å². The molecule has 172 valence electrons. The minimum Gasteiger partial charge on any atom is -0.395 e. The third-order valence-electron chi connectivity index (χ3n) is 7.12. The third-order valence-corrected chi connectivity index (χ3v) is 9.00. The van der Waals surface area contributed by atoms with E-state index in [2.05, 4.69) is 41.3 Å². The summed E-state index contributed by atoms with van der Waals surface area (Å²) in [6.45, 7) is 1.95. The second-order valence-electron chi connectivity index (χ2n) is 8.95. The molecule has 0 bridgehead atoms. The van der Waals surface area contributed by atoms with Crippen LogP contribution in [0.5, 0.6) is 0 Å². The molecule has 3 aromatic carbocycles. The fraction of sp³-hybridized carbons (Fsp3) is 0.333. The van der Waals surface area contributed by atoms with Crippen LogP contribution in [0.3, 0.4) is 0 Å². The van der Waals surface area contributed by atoms with Crippen LogP contribution in [0.4, 0.5) is 0 Å². The van der Waals surface area contributed by atoms with E-state index in [1.54, 1.807) is 28.6 Å². The molecular weight excluding hydrogens is 432 g/mol. The molecule has 0 amide bonds. The van der Waals surface area contributed by atoms with Crippen molar-refractivity contribution in [3.63, 3.8) is 0 Å². The van der Waals surface area contributed by atoms with E-state index in [0.29, 0.717) is 18.0 Å². The molecule has 2 aliphatic heterocycles. The summed E-state index contributed by atoms with van der Waals surface area (Å²) in [7, 11) is -3.55. The number of benzene rings is 3. The van der Waals surface area contributed by atoms with Crippen LogP contribution in [-0.2, 0) is 10.0 Å². The monoisotopic (exact) mass is 462 g/mol. The Balaban J connectivity index is 1.42. The van der Waals surface area contributed by atoms with E-state index in [1.807, 2.05) is 24.3 Å². The molecule has 2 saturated heterocycles. The lowest BCUT2D eigenvalue weighted by Crippen LogP contribution is -2.67. The maximum atomic E-state index is 13.4. The Morgan fingerprint density at radius 2 is 1.39 bits per heavy atom. The van der Waals surface area contributed by atoms with Crippen molar-refractivity contribution in [1.29, 1.82) is 0 Å². The lowest BCUT2D eigenvalue weighted by atomic mass is 9.74. The van der Waals surface area contributed by atoms with Crippen LogP contribution in [0, 0.1) is 0 Å². The standard InChI is InChI=1S/C27H30N2O3S/c30-20-26-27(23-15-13-22(14-16-23)21-9-3-1-4-10-21)25-19-28(17-7-8-18-29(25)26)33(31,32)24-11-5-2-6-12-24/h1-6,9-16,25-27,30H,7-8,17-20H2/t25-,26+,27-/m0/s1. The third kappa shape index (κ3) is 4.24. The van der Waals surface area contributed by atoms with Gasteiger partial charge in [0.25, 0.3) is 0 Å². The summed E-state index contributed by atoms with van der Waals surface area (Å²) in [5.41, 5.74) is 3.48. The highest BCUT2D eigenvalue weighted by atomic mass is 32.2. The van der Waals surface area contributed by atoms with E-state index in [0.717, 1.165) is 30.5 Å². The normalized spacial score (nSPS) is 24.3. The van der Waals surface area contributed by atoms with Crippen LogP contribution in [0.1, 0.15) is 24.3 Å². The number of fused-ring (bicyclic) bond motifs is 1. The van der Waals surface area contributed by atoms with Gasteiger partial charge in [-0.1, -0.05) is 72.8 Å². The summed E-state index contributed by atoms with van der Waals surface area (Å²) in [6.07, 6.45) is 1.75. The fourth-order valence-electron chi connectivity index (χ4n) is 5.40. The van der Waals surface area contributed by atoms with Crippen LogP contribution in [-0.4, -0.2) is 61.1 Å². The van der Waals surface area contributed by atoms with E-state index >= 15 is 0 Å². The van der Waals surface area contributed by atoms with Crippen molar-refractivity contribution < 1.29 is 13.5 Å². The molecule has 1 N–H and O–H groups in total. The Labute approximate surface area is 196 Å². The zero-order valence-electron chi connectivity index (χ0n) is 18.6. The first-order valence-electron chi connectivity index (χ1n) is 11.7. The van der Waals surface area contributed by atoms with E-state index in [-0.39, 0.29) is 24.6 Å². The highest BCUT2D eigenvalue weighted by Crippen LogP contribution is 2.43. The van der Waals surface area contributed by atoms with Crippen LogP contribution < -0.4 is 0 Å². The minimum atomic E-state index is -3.55. The van der Waals surface area contributed by atoms with Gasteiger partial charge in [-0.25, -0.2) is 8.42 Å². The number of aliphatic hydroxyl groups is 1. The number of aliphatic hydroxyl groups excluding tert-OH is 1. The number of hydrogen-bond donors (Lipinski definition) is 1. The summed E-state index contributed by atoms with van der Waals surface area (Å²) in [4.78, 5) is 2.65. The van der Waals surface area contributed by atoms with Gasteiger partial charge in [0.15, 0.2) is 0 Å². The van der Waals surface area contributed by atoms with Gasteiger partial charge in [0.1, 0.15) is 0 Å². The molecule has 5 rings (SSSR count). The first kappa shape index (κ1) is 22.3.